The minimum atomic E-state index is -2.51. The second kappa shape index (κ2) is 5.92. The molecule has 22 heavy (non-hydrogen) atoms. The summed E-state index contributed by atoms with van der Waals surface area (Å²) in [4.78, 5) is 12.7. The van der Waals surface area contributed by atoms with Crippen molar-refractivity contribution < 1.29 is 13.5 Å². The highest BCUT2D eigenvalue weighted by Crippen LogP contribution is 2.22. The van der Waals surface area contributed by atoms with Crippen LogP contribution in [-0.4, -0.2) is 39.4 Å². The van der Waals surface area contributed by atoms with Crippen LogP contribution in [0.2, 0.25) is 0 Å². The molecule has 0 atom stereocenters. The van der Waals surface area contributed by atoms with Gasteiger partial charge in [-0.15, -0.1) is 0 Å². The van der Waals surface area contributed by atoms with Gasteiger partial charge in [-0.3, -0.25) is 4.40 Å². The molecule has 3 heterocycles. The quantitative estimate of drug-likeness (QED) is 0.784. The average Bonchev–Trinajstić information content (AvgIpc) is 2.96. The fraction of sp³-hybridized carbons (Fsp3) is 0.214. The Bertz CT molecular complexity index is 790. The van der Waals surface area contributed by atoms with E-state index in [-0.39, 0.29) is 0 Å². The van der Waals surface area contributed by atoms with Gasteiger partial charge in [0.1, 0.15) is 18.0 Å². The van der Waals surface area contributed by atoms with Crippen LogP contribution in [0.1, 0.15) is 0 Å². The van der Waals surface area contributed by atoms with Crippen molar-refractivity contribution in [3.63, 3.8) is 0 Å². The molecule has 3 rings (SSSR count). The molecule has 0 spiro atoms. The molecule has 0 unspecified atom stereocenters. The van der Waals surface area contributed by atoms with Crippen molar-refractivity contribution in [2.45, 2.75) is 6.43 Å². The molecule has 0 aliphatic heterocycles. The van der Waals surface area contributed by atoms with Crippen LogP contribution in [0, 0.1) is 0 Å². The molecule has 0 radical (unpaired) electrons. The minimum absolute atomic E-state index is 0.351. The number of ether oxygens (including phenoxy) is 1. The Morgan fingerprint density at radius 2 is 2.18 bits per heavy atom. The predicted octanol–water partition coefficient (Wildman–Crippen LogP) is 2.48. The van der Waals surface area contributed by atoms with Gasteiger partial charge in [0, 0.05) is 25.5 Å². The van der Waals surface area contributed by atoms with Crippen molar-refractivity contribution in [1.82, 2.24) is 19.4 Å². The first-order valence-electron chi connectivity index (χ1n) is 6.56. The average molecular weight is 305 g/mol. The van der Waals surface area contributed by atoms with Gasteiger partial charge in [0.2, 0.25) is 5.95 Å². The van der Waals surface area contributed by atoms with Gasteiger partial charge >= 0.3 is 0 Å². The Labute approximate surface area is 124 Å². The minimum Gasteiger partial charge on any atom is -0.487 e. The maximum atomic E-state index is 12.2. The van der Waals surface area contributed by atoms with Crippen LogP contribution in [0.4, 0.5) is 14.7 Å². The molecule has 0 bridgehead atoms. The molecular formula is C14H13F2N5O. The van der Waals surface area contributed by atoms with Crippen LogP contribution < -0.4 is 10.1 Å². The first kappa shape index (κ1) is 14.2. The van der Waals surface area contributed by atoms with Crippen LogP contribution in [-0.2, 0) is 0 Å². The summed E-state index contributed by atoms with van der Waals surface area (Å²) >= 11 is 0. The number of aromatic nitrogens is 4. The lowest BCUT2D eigenvalue weighted by atomic mass is 10.3. The third kappa shape index (κ3) is 2.80. The first-order chi connectivity index (χ1) is 10.7. The summed E-state index contributed by atoms with van der Waals surface area (Å²) in [5.41, 5.74) is 2.06. The zero-order chi connectivity index (χ0) is 15.5. The number of alkyl halides is 2. The SMILES string of the molecule is CNc1nccc(-c2cnc3cc(OCC(F)F)ccn23)n1. The Morgan fingerprint density at radius 1 is 1.32 bits per heavy atom. The molecule has 3 aromatic heterocycles. The monoisotopic (exact) mass is 305 g/mol. The highest BCUT2D eigenvalue weighted by molar-refractivity contribution is 5.61. The van der Waals surface area contributed by atoms with E-state index in [1.165, 1.54) is 0 Å². The van der Waals surface area contributed by atoms with Crippen LogP contribution in [0.15, 0.2) is 36.8 Å². The Balaban J connectivity index is 1.95. The maximum Gasteiger partial charge on any atom is 0.272 e. The third-order valence-corrected chi connectivity index (χ3v) is 3.00. The molecule has 1 N–H and O–H groups in total. The Morgan fingerprint density at radius 3 is 2.95 bits per heavy atom. The Hall–Kier alpha value is -2.77. The van der Waals surface area contributed by atoms with Crippen molar-refractivity contribution in [1.29, 1.82) is 0 Å². The van der Waals surface area contributed by atoms with E-state index < -0.39 is 13.0 Å². The van der Waals surface area contributed by atoms with Gasteiger partial charge in [-0.05, 0) is 12.1 Å². The van der Waals surface area contributed by atoms with Crippen molar-refractivity contribution in [3.8, 4) is 17.1 Å². The van der Waals surface area contributed by atoms with E-state index >= 15 is 0 Å². The summed E-state index contributed by atoms with van der Waals surface area (Å²) in [5, 5.41) is 2.87. The summed E-state index contributed by atoms with van der Waals surface area (Å²) in [7, 11) is 1.74. The molecule has 0 fully saturated rings. The zero-order valence-electron chi connectivity index (χ0n) is 11.7. The highest BCUT2D eigenvalue weighted by atomic mass is 19.3. The molecule has 0 saturated heterocycles. The van der Waals surface area contributed by atoms with E-state index in [1.807, 2.05) is 0 Å². The number of imidazole rings is 1. The molecule has 0 aliphatic rings. The molecule has 6 nitrogen and oxygen atoms in total. The maximum absolute atomic E-state index is 12.2. The second-order valence-electron chi connectivity index (χ2n) is 4.45. The number of hydrogen-bond donors (Lipinski definition) is 1. The second-order valence-corrected chi connectivity index (χ2v) is 4.45. The van der Waals surface area contributed by atoms with Crippen molar-refractivity contribution in [2.24, 2.45) is 0 Å². The van der Waals surface area contributed by atoms with Crippen molar-refractivity contribution in [2.75, 3.05) is 19.0 Å². The number of hydrogen-bond acceptors (Lipinski definition) is 5. The standard InChI is InChI=1S/C14H13F2N5O/c1-17-14-18-4-2-10(20-14)11-7-19-13-6-9(3-5-21(11)13)22-8-12(15)16/h2-7,12H,8H2,1H3,(H,17,18,20). The smallest absolute Gasteiger partial charge is 0.272 e. The fourth-order valence-electron chi connectivity index (χ4n) is 2.02. The molecule has 8 heteroatoms. The van der Waals surface area contributed by atoms with Gasteiger partial charge < -0.3 is 10.1 Å². The van der Waals surface area contributed by atoms with E-state index in [1.54, 1.807) is 48.2 Å². The van der Waals surface area contributed by atoms with Crippen LogP contribution in [0.3, 0.4) is 0 Å². The molecule has 0 aliphatic carbocycles. The molecule has 114 valence electrons. The number of rotatable bonds is 5. The van der Waals surface area contributed by atoms with E-state index in [4.69, 9.17) is 4.74 Å². The normalized spacial score (nSPS) is 11.1. The summed E-state index contributed by atoms with van der Waals surface area (Å²) in [6.07, 6.45) is 2.51. The molecule has 0 saturated carbocycles. The van der Waals surface area contributed by atoms with Crippen LogP contribution >= 0.6 is 0 Å². The predicted molar refractivity (Wildman–Crippen MR) is 77.3 cm³/mol. The summed E-state index contributed by atoms with van der Waals surface area (Å²) < 4.78 is 31.1. The third-order valence-electron chi connectivity index (χ3n) is 3.00. The lowest BCUT2D eigenvalue weighted by molar-refractivity contribution is 0.0819. The summed E-state index contributed by atoms with van der Waals surface area (Å²) in [5.74, 6) is 0.855. The lowest BCUT2D eigenvalue weighted by Crippen LogP contribution is -2.07. The molecule has 3 aromatic rings. The number of pyridine rings is 1. The number of halogens is 2. The van der Waals surface area contributed by atoms with Gasteiger partial charge in [-0.1, -0.05) is 0 Å². The lowest BCUT2D eigenvalue weighted by Gasteiger charge is -2.07. The largest absolute Gasteiger partial charge is 0.487 e. The molecule has 0 amide bonds. The van der Waals surface area contributed by atoms with Gasteiger partial charge in [0.25, 0.3) is 6.43 Å². The van der Waals surface area contributed by atoms with Gasteiger partial charge in [0.05, 0.1) is 17.6 Å². The van der Waals surface area contributed by atoms with E-state index in [0.717, 1.165) is 5.69 Å². The number of nitrogens with zero attached hydrogens (tertiary/aromatic N) is 4. The van der Waals surface area contributed by atoms with E-state index in [0.29, 0.717) is 23.0 Å². The highest BCUT2D eigenvalue weighted by Gasteiger charge is 2.10. The van der Waals surface area contributed by atoms with Crippen LogP contribution in [0.5, 0.6) is 5.75 Å². The Kier molecular flexibility index (Phi) is 3.82. The zero-order valence-corrected chi connectivity index (χ0v) is 11.7. The number of anilines is 1. The van der Waals surface area contributed by atoms with Crippen molar-refractivity contribution >= 4 is 11.6 Å². The molecular weight excluding hydrogens is 292 g/mol. The van der Waals surface area contributed by atoms with Gasteiger partial charge in [0.15, 0.2) is 0 Å². The number of fused-ring (bicyclic) bond motifs is 1. The summed E-state index contributed by atoms with van der Waals surface area (Å²) in [6, 6.07) is 4.98. The fourth-order valence-corrected chi connectivity index (χ4v) is 2.02. The van der Waals surface area contributed by atoms with Crippen molar-refractivity contribution in [3.05, 3.63) is 36.8 Å². The summed E-state index contributed by atoms with van der Waals surface area (Å²) in [6.45, 7) is -0.638. The van der Waals surface area contributed by atoms with Crippen LogP contribution in [0.25, 0.3) is 17.0 Å². The van der Waals surface area contributed by atoms with Gasteiger partial charge in [-0.25, -0.2) is 23.7 Å². The number of nitrogens with one attached hydrogen (secondary N) is 1. The topological polar surface area (TPSA) is 64.3 Å². The molecule has 0 aromatic carbocycles. The first-order valence-corrected chi connectivity index (χ1v) is 6.56. The van der Waals surface area contributed by atoms with Gasteiger partial charge in [-0.2, -0.15) is 0 Å². The van der Waals surface area contributed by atoms with E-state index in [9.17, 15) is 8.78 Å². The van der Waals surface area contributed by atoms with E-state index in [2.05, 4.69) is 20.3 Å².